The van der Waals surface area contributed by atoms with Gasteiger partial charge < -0.3 is 19.5 Å². The fourth-order valence-corrected chi connectivity index (χ4v) is 3.87. The highest BCUT2D eigenvalue weighted by Gasteiger charge is 2.40. The molecule has 25 heavy (non-hydrogen) atoms. The molecule has 0 atom stereocenters. The van der Waals surface area contributed by atoms with Gasteiger partial charge in [-0.2, -0.15) is 0 Å². The van der Waals surface area contributed by atoms with E-state index in [1.165, 1.54) is 13.2 Å². The fourth-order valence-electron chi connectivity index (χ4n) is 3.87. The van der Waals surface area contributed by atoms with Gasteiger partial charge in [0.05, 0.1) is 19.7 Å². The van der Waals surface area contributed by atoms with Gasteiger partial charge in [0.1, 0.15) is 0 Å². The molecule has 2 aliphatic rings. The Morgan fingerprint density at radius 1 is 1.32 bits per heavy atom. The lowest BCUT2D eigenvalue weighted by atomic mass is 9.72. The zero-order valence-electron chi connectivity index (χ0n) is 14.9. The molecule has 0 aliphatic carbocycles. The molecule has 1 aromatic rings. The van der Waals surface area contributed by atoms with Crippen molar-refractivity contribution in [3.8, 4) is 5.88 Å². The van der Waals surface area contributed by atoms with E-state index < -0.39 is 0 Å². The number of hydrogen-bond donors (Lipinski definition) is 1. The Bertz CT molecular complexity index is 622. The number of likely N-dealkylation sites (tertiary alicyclic amines) is 2. The average Bonchev–Trinajstić information content (AvgIpc) is 3.12. The number of likely N-dealkylation sites (N-methyl/N-ethyl adjacent to an activating group) is 1. The molecule has 0 bridgehead atoms. The molecule has 138 valence electrons. The van der Waals surface area contributed by atoms with E-state index in [-0.39, 0.29) is 23.0 Å². The van der Waals surface area contributed by atoms with E-state index in [2.05, 4.69) is 15.4 Å². The molecule has 0 unspecified atom stereocenters. The van der Waals surface area contributed by atoms with Crippen LogP contribution in [0.3, 0.4) is 0 Å². The molecule has 2 amide bonds. The van der Waals surface area contributed by atoms with Crippen LogP contribution in [0.1, 0.15) is 36.2 Å². The summed E-state index contributed by atoms with van der Waals surface area (Å²) in [5.74, 6) is 0.474. The highest BCUT2D eigenvalue weighted by atomic mass is 16.5. The number of nitrogens with one attached hydrogen (secondary N) is 1. The lowest BCUT2D eigenvalue weighted by molar-refractivity contribution is -0.122. The summed E-state index contributed by atoms with van der Waals surface area (Å²) in [6, 6.07) is 1.54. The first-order valence-electron chi connectivity index (χ1n) is 8.78. The third-order valence-corrected chi connectivity index (χ3v) is 5.42. The van der Waals surface area contributed by atoms with Crippen LogP contribution < -0.4 is 10.1 Å². The van der Waals surface area contributed by atoms with Gasteiger partial charge in [-0.05, 0) is 49.3 Å². The highest BCUT2D eigenvalue weighted by Crippen LogP contribution is 2.40. The molecule has 0 aromatic carbocycles. The number of amides is 2. The molecule has 1 N–H and O–H groups in total. The first kappa shape index (κ1) is 17.7. The average molecular weight is 350 g/mol. The van der Waals surface area contributed by atoms with Gasteiger partial charge in [-0.3, -0.25) is 14.5 Å². The van der Waals surface area contributed by atoms with Crippen LogP contribution in [0.5, 0.6) is 5.88 Å². The summed E-state index contributed by atoms with van der Waals surface area (Å²) >= 11 is 0. The Kier molecular flexibility index (Phi) is 5.27. The summed E-state index contributed by atoms with van der Waals surface area (Å²) in [5, 5.41) is 6.38. The number of aromatic nitrogens is 1. The van der Waals surface area contributed by atoms with E-state index in [1.54, 1.807) is 7.05 Å². The Labute approximate surface area is 147 Å². The van der Waals surface area contributed by atoms with Crippen molar-refractivity contribution in [1.82, 2.24) is 20.3 Å². The molecular formula is C17H26N4O4. The van der Waals surface area contributed by atoms with Crippen molar-refractivity contribution in [2.24, 2.45) is 5.41 Å². The van der Waals surface area contributed by atoms with Crippen LogP contribution in [-0.2, 0) is 4.79 Å². The van der Waals surface area contributed by atoms with Gasteiger partial charge in [0.15, 0.2) is 0 Å². The third kappa shape index (κ3) is 3.95. The van der Waals surface area contributed by atoms with Crippen molar-refractivity contribution in [2.45, 2.75) is 25.7 Å². The molecule has 1 spiro atoms. The molecule has 0 saturated carbocycles. The van der Waals surface area contributed by atoms with Crippen LogP contribution in [0.4, 0.5) is 0 Å². The van der Waals surface area contributed by atoms with E-state index in [1.807, 2.05) is 4.90 Å². The number of methoxy groups -OCH3 is 1. The first-order chi connectivity index (χ1) is 12.0. The van der Waals surface area contributed by atoms with E-state index >= 15 is 0 Å². The quantitative estimate of drug-likeness (QED) is 0.862. The minimum absolute atomic E-state index is 0.0515. The molecule has 1 aromatic heterocycles. The predicted molar refractivity (Wildman–Crippen MR) is 90.4 cm³/mol. The second-order valence-electron chi connectivity index (χ2n) is 7.01. The third-order valence-electron chi connectivity index (χ3n) is 5.42. The number of nitrogens with zero attached hydrogens (tertiary/aromatic N) is 3. The summed E-state index contributed by atoms with van der Waals surface area (Å²) in [4.78, 5) is 28.3. The SMILES string of the molecule is CNC(=O)CN1CCC2(CCCN(C(=O)c3cc(OC)no3)C2)CC1. The first-order valence-corrected chi connectivity index (χ1v) is 8.78. The van der Waals surface area contributed by atoms with Gasteiger partial charge in [0.25, 0.3) is 11.8 Å². The Morgan fingerprint density at radius 2 is 2.08 bits per heavy atom. The van der Waals surface area contributed by atoms with Gasteiger partial charge in [0.2, 0.25) is 11.7 Å². The number of hydrogen-bond acceptors (Lipinski definition) is 6. The predicted octanol–water partition coefficient (Wildman–Crippen LogP) is 0.747. The fraction of sp³-hybridized carbons (Fsp3) is 0.706. The maximum Gasteiger partial charge on any atom is 0.292 e. The molecule has 2 fully saturated rings. The normalized spacial score (nSPS) is 20.5. The van der Waals surface area contributed by atoms with Gasteiger partial charge in [-0.25, -0.2) is 0 Å². The molecule has 2 aliphatic heterocycles. The topological polar surface area (TPSA) is 87.9 Å². The van der Waals surface area contributed by atoms with Gasteiger partial charge in [-0.15, -0.1) is 0 Å². The second-order valence-corrected chi connectivity index (χ2v) is 7.01. The molecule has 3 heterocycles. The van der Waals surface area contributed by atoms with Gasteiger partial charge in [0, 0.05) is 20.1 Å². The minimum Gasteiger partial charge on any atom is -0.479 e. The van der Waals surface area contributed by atoms with Crippen LogP contribution in [0.15, 0.2) is 10.6 Å². The standard InChI is InChI=1S/C17H26N4O4/c1-18-14(22)11-20-8-5-17(6-9-20)4-3-7-21(12-17)16(23)13-10-15(24-2)19-25-13/h10H,3-9,11-12H2,1-2H3,(H,18,22). The van der Waals surface area contributed by atoms with Crippen molar-refractivity contribution in [1.29, 1.82) is 0 Å². The summed E-state index contributed by atoms with van der Waals surface area (Å²) in [7, 11) is 3.16. The molecule has 3 rings (SSSR count). The van der Waals surface area contributed by atoms with Crippen LogP contribution in [-0.4, -0.2) is 73.7 Å². The number of carbonyl (C=O) groups is 2. The summed E-state index contributed by atoms with van der Waals surface area (Å²) in [6.45, 7) is 3.72. The Hall–Kier alpha value is -2.09. The van der Waals surface area contributed by atoms with Gasteiger partial charge >= 0.3 is 0 Å². The summed E-state index contributed by atoms with van der Waals surface area (Å²) < 4.78 is 10.1. The van der Waals surface area contributed by atoms with Crippen LogP contribution in [0.2, 0.25) is 0 Å². The smallest absolute Gasteiger partial charge is 0.292 e. The van der Waals surface area contributed by atoms with Crippen molar-refractivity contribution in [3.63, 3.8) is 0 Å². The van der Waals surface area contributed by atoms with E-state index in [0.717, 1.165) is 51.9 Å². The Morgan fingerprint density at radius 3 is 2.72 bits per heavy atom. The number of rotatable bonds is 4. The monoisotopic (exact) mass is 350 g/mol. The lowest BCUT2D eigenvalue weighted by Crippen LogP contribution is -2.52. The highest BCUT2D eigenvalue weighted by molar-refractivity contribution is 5.91. The molecular weight excluding hydrogens is 324 g/mol. The van der Waals surface area contributed by atoms with E-state index in [0.29, 0.717) is 12.4 Å². The largest absolute Gasteiger partial charge is 0.479 e. The molecule has 2 saturated heterocycles. The molecule has 8 heteroatoms. The van der Waals surface area contributed by atoms with Crippen molar-refractivity contribution < 1.29 is 18.8 Å². The maximum absolute atomic E-state index is 12.7. The van der Waals surface area contributed by atoms with E-state index in [4.69, 9.17) is 9.26 Å². The van der Waals surface area contributed by atoms with Crippen molar-refractivity contribution in [2.75, 3.05) is 46.9 Å². The molecule has 0 radical (unpaired) electrons. The number of carbonyl (C=O) groups excluding carboxylic acids is 2. The van der Waals surface area contributed by atoms with Crippen molar-refractivity contribution in [3.05, 3.63) is 11.8 Å². The van der Waals surface area contributed by atoms with Crippen LogP contribution in [0, 0.1) is 5.41 Å². The van der Waals surface area contributed by atoms with Gasteiger partial charge in [-0.1, -0.05) is 0 Å². The number of ether oxygens (including phenoxy) is 1. The second kappa shape index (κ2) is 7.43. The van der Waals surface area contributed by atoms with Crippen LogP contribution in [0.25, 0.3) is 0 Å². The molecule has 8 nitrogen and oxygen atoms in total. The summed E-state index contributed by atoms with van der Waals surface area (Å²) in [6.07, 6.45) is 4.14. The zero-order chi connectivity index (χ0) is 17.9. The maximum atomic E-state index is 12.7. The minimum atomic E-state index is -0.123. The van der Waals surface area contributed by atoms with Crippen LogP contribution >= 0.6 is 0 Å². The zero-order valence-corrected chi connectivity index (χ0v) is 14.9. The Balaban J connectivity index is 1.59. The van der Waals surface area contributed by atoms with E-state index in [9.17, 15) is 9.59 Å². The summed E-state index contributed by atoms with van der Waals surface area (Å²) in [5.41, 5.74) is 0.150. The number of piperidine rings is 2. The lowest BCUT2D eigenvalue weighted by Gasteiger charge is -2.47. The van der Waals surface area contributed by atoms with Crippen molar-refractivity contribution >= 4 is 11.8 Å².